The zero-order chi connectivity index (χ0) is 10.6. The van der Waals surface area contributed by atoms with Crippen LogP contribution >= 0.6 is 12.6 Å². The summed E-state index contributed by atoms with van der Waals surface area (Å²) in [6, 6.07) is 0. The Balaban J connectivity index is 3.95. The molecule has 1 N–H and O–H groups in total. The van der Waals surface area contributed by atoms with Gasteiger partial charge in [0.25, 0.3) is 0 Å². The molecule has 78 valence electrons. The van der Waals surface area contributed by atoms with Crippen LogP contribution in [0.3, 0.4) is 0 Å². The SMILES string of the molecule is CC(C)C(=O)CNC(C)(S)C(C)C. The number of nitrogens with one attached hydrogen (secondary N) is 1. The summed E-state index contributed by atoms with van der Waals surface area (Å²) in [6.07, 6.45) is 0. The van der Waals surface area contributed by atoms with Gasteiger partial charge in [0.15, 0.2) is 0 Å². The normalized spacial score (nSPS) is 16.3. The Hall–Kier alpha value is -0.0200. The number of hydrogen-bond donors (Lipinski definition) is 2. The van der Waals surface area contributed by atoms with Gasteiger partial charge in [0.1, 0.15) is 5.78 Å². The van der Waals surface area contributed by atoms with Gasteiger partial charge in [0.05, 0.1) is 11.4 Å². The molecule has 0 amide bonds. The molecule has 0 aliphatic heterocycles. The van der Waals surface area contributed by atoms with Crippen molar-refractivity contribution in [2.45, 2.75) is 39.5 Å². The number of carbonyl (C=O) groups excluding carboxylic acids is 1. The van der Waals surface area contributed by atoms with E-state index in [0.717, 1.165) is 0 Å². The monoisotopic (exact) mass is 203 g/mol. The molecule has 0 aliphatic rings. The maximum atomic E-state index is 11.3. The minimum atomic E-state index is -0.259. The number of rotatable bonds is 5. The van der Waals surface area contributed by atoms with E-state index in [9.17, 15) is 4.79 Å². The number of hydrogen-bond acceptors (Lipinski definition) is 3. The highest BCUT2D eigenvalue weighted by Crippen LogP contribution is 2.20. The van der Waals surface area contributed by atoms with E-state index < -0.39 is 0 Å². The van der Waals surface area contributed by atoms with Crippen LogP contribution in [0.4, 0.5) is 0 Å². The molecule has 0 heterocycles. The zero-order valence-electron chi connectivity index (χ0n) is 9.22. The van der Waals surface area contributed by atoms with E-state index in [1.54, 1.807) is 0 Å². The Morgan fingerprint density at radius 2 is 1.85 bits per heavy atom. The summed E-state index contributed by atoms with van der Waals surface area (Å²) in [5.74, 6) is 0.737. The highest BCUT2D eigenvalue weighted by atomic mass is 32.1. The van der Waals surface area contributed by atoms with Gasteiger partial charge in [-0.2, -0.15) is 12.6 Å². The molecule has 1 unspecified atom stereocenters. The summed E-state index contributed by atoms with van der Waals surface area (Å²) >= 11 is 4.46. The quantitative estimate of drug-likeness (QED) is 0.529. The van der Waals surface area contributed by atoms with Crippen LogP contribution in [0.25, 0.3) is 0 Å². The molecule has 0 rings (SSSR count). The maximum Gasteiger partial charge on any atom is 0.149 e. The van der Waals surface area contributed by atoms with Crippen molar-refractivity contribution in [1.82, 2.24) is 5.32 Å². The van der Waals surface area contributed by atoms with E-state index in [1.807, 2.05) is 20.8 Å². The highest BCUT2D eigenvalue weighted by Gasteiger charge is 2.23. The minimum absolute atomic E-state index is 0.101. The lowest BCUT2D eigenvalue weighted by atomic mass is 10.0. The zero-order valence-corrected chi connectivity index (χ0v) is 10.1. The van der Waals surface area contributed by atoms with Crippen LogP contribution in [0.2, 0.25) is 0 Å². The summed E-state index contributed by atoms with van der Waals surface area (Å²) in [4.78, 5) is 11.1. The average molecular weight is 203 g/mol. The van der Waals surface area contributed by atoms with Crippen molar-refractivity contribution in [1.29, 1.82) is 0 Å². The largest absolute Gasteiger partial charge is 0.298 e. The molecule has 0 bridgehead atoms. The summed E-state index contributed by atoms with van der Waals surface area (Å²) in [7, 11) is 0. The molecule has 0 saturated carbocycles. The van der Waals surface area contributed by atoms with Gasteiger partial charge < -0.3 is 0 Å². The molecule has 13 heavy (non-hydrogen) atoms. The number of carbonyl (C=O) groups is 1. The Morgan fingerprint density at radius 1 is 1.38 bits per heavy atom. The fourth-order valence-corrected chi connectivity index (χ4v) is 0.753. The number of thiol groups is 1. The second kappa shape index (κ2) is 5.01. The Morgan fingerprint density at radius 3 is 2.15 bits per heavy atom. The van der Waals surface area contributed by atoms with E-state index in [4.69, 9.17) is 0 Å². The predicted octanol–water partition coefficient (Wildman–Crippen LogP) is 2.10. The fourth-order valence-electron chi connectivity index (χ4n) is 0.674. The smallest absolute Gasteiger partial charge is 0.149 e. The van der Waals surface area contributed by atoms with Gasteiger partial charge in [-0.25, -0.2) is 0 Å². The maximum absolute atomic E-state index is 11.3. The topological polar surface area (TPSA) is 29.1 Å². The third kappa shape index (κ3) is 4.67. The van der Waals surface area contributed by atoms with Gasteiger partial charge in [-0.1, -0.05) is 27.7 Å². The molecule has 3 heteroatoms. The van der Waals surface area contributed by atoms with Crippen LogP contribution in [0.1, 0.15) is 34.6 Å². The predicted molar refractivity (Wildman–Crippen MR) is 60.1 cm³/mol. The summed E-state index contributed by atoms with van der Waals surface area (Å²) in [6.45, 7) is 10.4. The van der Waals surface area contributed by atoms with Crippen molar-refractivity contribution in [3.8, 4) is 0 Å². The summed E-state index contributed by atoms with van der Waals surface area (Å²) in [5.41, 5.74) is 0. The first kappa shape index (κ1) is 13.0. The minimum Gasteiger partial charge on any atom is -0.298 e. The Kier molecular flexibility index (Phi) is 5.00. The first-order chi connectivity index (χ1) is 5.77. The van der Waals surface area contributed by atoms with Crippen molar-refractivity contribution >= 4 is 18.4 Å². The first-order valence-electron chi connectivity index (χ1n) is 4.77. The van der Waals surface area contributed by atoms with Gasteiger partial charge in [0.2, 0.25) is 0 Å². The van der Waals surface area contributed by atoms with E-state index in [0.29, 0.717) is 12.5 Å². The average Bonchev–Trinajstić information content (AvgIpc) is 1.99. The van der Waals surface area contributed by atoms with E-state index in [-0.39, 0.29) is 16.6 Å². The van der Waals surface area contributed by atoms with Gasteiger partial charge in [-0.15, -0.1) is 0 Å². The lowest BCUT2D eigenvalue weighted by molar-refractivity contribution is -0.121. The van der Waals surface area contributed by atoms with Crippen LogP contribution in [0, 0.1) is 11.8 Å². The number of ketones is 1. The molecule has 0 spiro atoms. The standard InChI is InChI=1S/C10H21NOS/c1-7(2)9(12)6-11-10(5,13)8(3)4/h7-8,11,13H,6H2,1-5H3. The van der Waals surface area contributed by atoms with Crippen molar-refractivity contribution in [2.75, 3.05) is 6.54 Å². The van der Waals surface area contributed by atoms with E-state index in [1.165, 1.54) is 0 Å². The van der Waals surface area contributed by atoms with Crippen LogP contribution in [0.5, 0.6) is 0 Å². The van der Waals surface area contributed by atoms with Crippen molar-refractivity contribution in [3.05, 3.63) is 0 Å². The molecule has 2 nitrogen and oxygen atoms in total. The van der Waals surface area contributed by atoms with E-state index in [2.05, 4.69) is 31.8 Å². The van der Waals surface area contributed by atoms with Crippen LogP contribution in [0.15, 0.2) is 0 Å². The Labute approximate surface area is 86.9 Å². The molecule has 0 aliphatic carbocycles. The molecule has 0 radical (unpaired) electrons. The molecular formula is C10H21NOS. The van der Waals surface area contributed by atoms with Crippen molar-refractivity contribution in [2.24, 2.45) is 11.8 Å². The first-order valence-corrected chi connectivity index (χ1v) is 5.22. The van der Waals surface area contributed by atoms with Gasteiger partial charge in [-0.05, 0) is 12.8 Å². The summed E-state index contributed by atoms with van der Waals surface area (Å²) in [5, 5.41) is 3.15. The van der Waals surface area contributed by atoms with Crippen LogP contribution in [-0.4, -0.2) is 17.2 Å². The molecule has 0 aromatic heterocycles. The van der Waals surface area contributed by atoms with Crippen molar-refractivity contribution in [3.63, 3.8) is 0 Å². The highest BCUT2D eigenvalue weighted by molar-refractivity contribution is 7.81. The van der Waals surface area contributed by atoms with Gasteiger partial charge in [0, 0.05) is 5.92 Å². The second-order valence-electron chi connectivity index (χ2n) is 4.28. The van der Waals surface area contributed by atoms with Gasteiger partial charge in [-0.3, -0.25) is 10.1 Å². The lowest BCUT2D eigenvalue weighted by Gasteiger charge is -2.29. The molecule has 0 saturated heterocycles. The molecule has 0 aromatic rings. The van der Waals surface area contributed by atoms with Crippen molar-refractivity contribution < 1.29 is 4.79 Å². The third-order valence-electron chi connectivity index (χ3n) is 2.39. The molecule has 0 aromatic carbocycles. The second-order valence-corrected chi connectivity index (χ2v) is 5.21. The molecule has 0 fully saturated rings. The lowest BCUT2D eigenvalue weighted by Crippen LogP contribution is -2.44. The van der Waals surface area contributed by atoms with E-state index >= 15 is 0 Å². The fraction of sp³-hybridized carbons (Fsp3) is 0.900. The molecule has 1 atom stereocenters. The number of Topliss-reactive ketones (excluding diaryl/α,β-unsaturated/α-hetero) is 1. The van der Waals surface area contributed by atoms with Gasteiger partial charge >= 0.3 is 0 Å². The molecular weight excluding hydrogens is 182 g/mol. The summed E-state index contributed by atoms with van der Waals surface area (Å²) < 4.78 is 0. The van der Waals surface area contributed by atoms with Crippen LogP contribution in [-0.2, 0) is 4.79 Å². The van der Waals surface area contributed by atoms with Crippen LogP contribution < -0.4 is 5.32 Å². The Bertz CT molecular complexity index is 176. The third-order valence-corrected chi connectivity index (χ3v) is 3.06.